The summed E-state index contributed by atoms with van der Waals surface area (Å²) in [6.07, 6.45) is 1.56. The van der Waals surface area contributed by atoms with Crippen molar-refractivity contribution >= 4 is 22.4 Å². The number of ether oxygens (including phenoxy) is 1. The maximum atomic E-state index is 12.8. The SMILES string of the molecule is Cn1cc(C(=O)Nc2ccc(Oc3ccccc3)cc2)c2ccccc2c1=O. The molecule has 28 heavy (non-hydrogen) atoms. The molecule has 1 aromatic heterocycles. The van der Waals surface area contributed by atoms with Crippen LogP contribution in [0.15, 0.2) is 89.9 Å². The van der Waals surface area contributed by atoms with Crippen LogP contribution in [0.2, 0.25) is 0 Å². The fourth-order valence-corrected chi connectivity index (χ4v) is 3.03. The van der Waals surface area contributed by atoms with Gasteiger partial charge in [-0.05, 0) is 42.5 Å². The number of nitrogens with zero attached hydrogens (tertiary/aromatic N) is 1. The predicted molar refractivity (Wildman–Crippen MR) is 110 cm³/mol. The summed E-state index contributed by atoms with van der Waals surface area (Å²) in [4.78, 5) is 25.1. The Morgan fingerprint density at radius 2 is 1.43 bits per heavy atom. The number of aromatic nitrogens is 1. The number of rotatable bonds is 4. The van der Waals surface area contributed by atoms with Gasteiger partial charge in [-0.15, -0.1) is 0 Å². The van der Waals surface area contributed by atoms with Crippen LogP contribution >= 0.6 is 0 Å². The number of hydrogen-bond donors (Lipinski definition) is 1. The molecule has 5 nitrogen and oxygen atoms in total. The monoisotopic (exact) mass is 370 g/mol. The summed E-state index contributed by atoms with van der Waals surface area (Å²) in [6, 6.07) is 23.7. The van der Waals surface area contributed by atoms with Gasteiger partial charge in [0, 0.05) is 29.7 Å². The van der Waals surface area contributed by atoms with Gasteiger partial charge in [0.2, 0.25) is 0 Å². The van der Waals surface area contributed by atoms with E-state index in [1.54, 1.807) is 55.7 Å². The molecule has 1 N–H and O–H groups in total. The molecular formula is C23H18N2O3. The number of pyridine rings is 1. The molecule has 4 aromatic rings. The number of amides is 1. The third-order valence-electron chi connectivity index (χ3n) is 4.43. The van der Waals surface area contributed by atoms with Crippen LogP contribution in [0.25, 0.3) is 10.8 Å². The van der Waals surface area contributed by atoms with Crippen molar-refractivity contribution in [3.8, 4) is 11.5 Å². The fourth-order valence-electron chi connectivity index (χ4n) is 3.03. The molecule has 0 saturated carbocycles. The highest BCUT2D eigenvalue weighted by atomic mass is 16.5. The molecule has 0 spiro atoms. The Hall–Kier alpha value is -3.86. The minimum absolute atomic E-state index is 0.130. The standard InChI is InChI=1S/C23H18N2O3/c1-25-15-21(19-9-5-6-10-20(19)23(25)27)22(26)24-16-11-13-18(14-12-16)28-17-7-3-2-4-8-17/h2-15H,1H3,(H,24,26). The van der Waals surface area contributed by atoms with E-state index in [9.17, 15) is 9.59 Å². The Balaban J connectivity index is 1.57. The number of nitrogens with one attached hydrogen (secondary N) is 1. The van der Waals surface area contributed by atoms with Crippen LogP contribution < -0.4 is 15.6 Å². The molecular weight excluding hydrogens is 352 g/mol. The predicted octanol–water partition coefficient (Wildman–Crippen LogP) is 4.58. The van der Waals surface area contributed by atoms with Crippen LogP contribution in [0.4, 0.5) is 5.69 Å². The van der Waals surface area contributed by atoms with Gasteiger partial charge in [0.25, 0.3) is 11.5 Å². The maximum absolute atomic E-state index is 12.8. The first-order valence-corrected chi connectivity index (χ1v) is 8.84. The Labute approximate surface area is 161 Å². The molecule has 0 aliphatic heterocycles. The maximum Gasteiger partial charge on any atom is 0.258 e. The van der Waals surface area contributed by atoms with Gasteiger partial charge < -0.3 is 14.6 Å². The molecule has 0 saturated heterocycles. The molecule has 0 bridgehead atoms. The molecule has 0 aliphatic carbocycles. The van der Waals surface area contributed by atoms with Gasteiger partial charge in [-0.3, -0.25) is 9.59 Å². The zero-order chi connectivity index (χ0) is 19.5. The topological polar surface area (TPSA) is 60.3 Å². The summed E-state index contributed by atoms with van der Waals surface area (Å²) in [5, 5.41) is 4.03. The van der Waals surface area contributed by atoms with Crippen molar-refractivity contribution in [2.75, 3.05) is 5.32 Å². The van der Waals surface area contributed by atoms with E-state index in [0.717, 1.165) is 5.75 Å². The van der Waals surface area contributed by atoms with Crippen LogP contribution in [-0.4, -0.2) is 10.5 Å². The highest BCUT2D eigenvalue weighted by Crippen LogP contribution is 2.23. The lowest BCUT2D eigenvalue weighted by Crippen LogP contribution is -2.21. The number of carbonyl (C=O) groups is 1. The van der Waals surface area contributed by atoms with E-state index >= 15 is 0 Å². The largest absolute Gasteiger partial charge is 0.457 e. The molecule has 0 aliphatic rings. The second-order valence-corrected chi connectivity index (χ2v) is 6.40. The van der Waals surface area contributed by atoms with E-state index in [2.05, 4.69) is 5.32 Å². The third-order valence-corrected chi connectivity index (χ3v) is 4.43. The number of aryl methyl sites for hydroxylation is 1. The first kappa shape index (κ1) is 17.5. The zero-order valence-electron chi connectivity index (χ0n) is 15.3. The number of fused-ring (bicyclic) bond motifs is 1. The van der Waals surface area contributed by atoms with E-state index in [1.807, 2.05) is 36.4 Å². The lowest BCUT2D eigenvalue weighted by molar-refractivity contribution is 0.102. The molecule has 0 unspecified atom stereocenters. The van der Waals surface area contributed by atoms with Crippen molar-refractivity contribution in [1.82, 2.24) is 4.57 Å². The Morgan fingerprint density at radius 3 is 2.14 bits per heavy atom. The van der Waals surface area contributed by atoms with E-state index in [1.165, 1.54) is 4.57 Å². The highest BCUT2D eigenvalue weighted by molar-refractivity contribution is 6.12. The first-order valence-electron chi connectivity index (χ1n) is 8.84. The first-order chi connectivity index (χ1) is 13.6. The van der Waals surface area contributed by atoms with E-state index in [-0.39, 0.29) is 11.5 Å². The number of hydrogen-bond acceptors (Lipinski definition) is 3. The van der Waals surface area contributed by atoms with Gasteiger partial charge in [0.05, 0.1) is 5.56 Å². The lowest BCUT2D eigenvalue weighted by Gasteiger charge is -2.11. The second kappa shape index (κ2) is 7.40. The molecule has 1 amide bonds. The number of para-hydroxylation sites is 1. The average Bonchev–Trinajstić information content (AvgIpc) is 2.73. The quantitative estimate of drug-likeness (QED) is 0.572. The van der Waals surface area contributed by atoms with Crippen LogP contribution in [0.3, 0.4) is 0 Å². The van der Waals surface area contributed by atoms with Crippen molar-refractivity contribution < 1.29 is 9.53 Å². The van der Waals surface area contributed by atoms with Crippen molar-refractivity contribution in [2.24, 2.45) is 7.05 Å². The fraction of sp³-hybridized carbons (Fsp3) is 0.0435. The molecule has 0 atom stereocenters. The van der Waals surface area contributed by atoms with E-state index in [0.29, 0.717) is 27.8 Å². The number of anilines is 1. The smallest absolute Gasteiger partial charge is 0.258 e. The second-order valence-electron chi connectivity index (χ2n) is 6.40. The van der Waals surface area contributed by atoms with Crippen LogP contribution in [-0.2, 0) is 7.05 Å². The van der Waals surface area contributed by atoms with Crippen molar-refractivity contribution in [3.05, 3.63) is 101 Å². The summed E-state index contributed by atoms with van der Waals surface area (Å²) in [7, 11) is 1.64. The minimum Gasteiger partial charge on any atom is -0.457 e. The molecule has 138 valence electrons. The van der Waals surface area contributed by atoms with Crippen LogP contribution in [0.5, 0.6) is 11.5 Å². The normalized spacial score (nSPS) is 10.6. The number of carbonyl (C=O) groups excluding carboxylic acids is 1. The molecule has 4 rings (SSSR count). The summed E-state index contributed by atoms with van der Waals surface area (Å²) in [5.74, 6) is 1.15. The van der Waals surface area contributed by atoms with Crippen LogP contribution in [0, 0.1) is 0 Å². The summed E-state index contributed by atoms with van der Waals surface area (Å²) in [5.41, 5.74) is 0.959. The minimum atomic E-state index is -0.275. The van der Waals surface area contributed by atoms with Crippen LogP contribution in [0.1, 0.15) is 10.4 Å². The molecule has 5 heteroatoms. The Bertz CT molecular complexity index is 1200. The van der Waals surface area contributed by atoms with Gasteiger partial charge in [0.15, 0.2) is 0 Å². The summed E-state index contributed by atoms with van der Waals surface area (Å²) < 4.78 is 7.18. The molecule has 0 fully saturated rings. The molecule has 1 heterocycles. The summed E-state index contributed by atoms with van der Waals surface area (Å²) >= 11 is 0. The third kappa shape index (κ3) is 3.50. The van der Waals surface area contributed by atoms with Gasteiger partial charge in [-0.25, -0.2) is 0 Å². The molecule has 0 radical (unpaired) electrons. The summed E-state index contributed by atoms with van der Waals surface area (Å²) in [6.45, 7) is 0. The lowest BCUT2D eigenvalue weighted by atomic mass is 10.1. The Kier molecular flexibility index (Phi) is 4.64. The van der Waals surface area contributed by atoms with Gasteiger partial charge in [0.1, 0.15) is 11.5 Å². The van der Waals surface area contributed by atoms with Gasteiger partial charge in [-0.1, -0.05) is 36.4 Å². The van der Waals surface area contributed by atoms with E-state index in [4.69, 9.17) is 4.74 Å². The average molecular weight is 370 g/mol. The number of benzene rings is 3. The van der Waals surface area contributed by atoms with Crippen molar-refractivity contribution in [2.45, 2.75) is 0 Å². The van der Waals surface area contributed by atoms with Gasteiger partial charge >= 0.3 is 0 Å². The van der Waals surface area contributed by atoms with E-state index < -0.39 is 0 Å². The van der Waals surface area contributed by atoms with Crippen molar-refractivity contribution in [1.29, 1.82) is 0 Å². The van der Waals surface area contributed by atoms with Crippen molar-refractivity contribution in [3.63, 3.8) is 0 Å². The highest BCUT2D eigenvalue weighted by Gasteiger charge is 2.13. The Morgan fingerprint density at radius 1 is 0.821 bits per heavy atom. The molecule has 3 aromatic carbocycles. The zero-order valence-corrected chi connectivity index (χ0v) is 15.3. The van der Waals surface area contributed by atoms with Gasteiger partial charge in [-0.2, -0.15) is 0 Å².